The van der Waals surface area contributed by atoms with E-state index in [0.717, 1.165) is 57.2 Å². The third-order valence-electron chi connectivity index (χ3n) is 5.41. The molecule has 1 fully saturated rings. The Morgan fingerprint density at radius 3 is 2.32 bits per heavy atom. The van der Waals surface area contributed by atoms with Crippen molar-refractivity contribution in [3.63, 3.8) is 0 Å². The van der Waals surface area contributed by atoms with E-state index >= 15 is 0 Å². The van der Waals surface area contributed by atoms with Gasteiger partial charge in [-0.25, -0.2) is 8.42 Å². The Morgan fingerprint density at radius 1 is 1.03 bits per heavy atom. The van der Waals surface area contributed by atoms with Gasteiger partial charge in [-0.3, -0.25) is 9.89 Å². The Labute approximate surface area is 186 Å². The van der Waals surface area contributed by atoms with E-state index in [0.29, 0.717) is 4.90 Å². The highest BCUT2D eigenvalue weighted by molar-refractivity contribution is 7.90. The summed E-state index contributed by atoms with van der Waals surface area (Å²) in [4.78, 5) is 9.54. The zero-order valence-corrected chi connectivity index (χ0v) is 19.2. The normalized spacial score (nSPS) is 16.1. The summed E-state index contributed by atoms with van der Waals surface area (Å²) in [6, 6.07) is 17.5. The highest BCUT2D eigenvalue weighted by atomic mass is 32.2. The molecule has 0 aliphatic carbocycles. The monoisotopic (exact) mass is 440 g/mol. The Kier molecular flexibility index (Phi) is 8.26. The van der Waals surface area contributed by atoms with E-state index in [1.165, 1.54) is 11.8 Å². The molecule has 1 N–H and O–H groups in total. The molecule has 7 heteroatoms. The number of piperazine rings is 1. The molecule has 0 spiro atoms. The van der Waals surface area contributed by atoms with Crippen LogP contribution in [0.1, 0.15) is 11.1 Å². The maximum absolute atomic E-state index is 11.6. The summed E-state index contributed by atoms with van der Waals surface area (Å²) in [7, 11) is -1.33. The van der Waals surface area contributed by atoms with Gasteiger partial charge in [-0.15, -0.1) is 0 Å². The molecule has 0 unspecified atom stereocenters. The van der Waals surface area contributed by atoms with Crippen molar-refractivity contribution in [2.75, 3.05) is 52.6 Å². The van der Waals surface area contributed by atoms with Gasteiger partial charge in [0, 0.05) is 52.6 Å². The Hall–Kier alpha value is -2.64. The van der Waals surface area contributed by atoms with E-state index in [2.05, 4.69) is 56.5 Å². The van der Waals surface area contributed by atoms with Gasteiger partial charge in [0.15, 0.2) is 15.8 Å². The highest BCUT2D eigenvalue weighted by Gasteiger charge is 2.18. The predicted octanol–water partition coefficient (Wildman–Crippen LogP) is 2.54. The van der Waals surface area contributed by atoms with Crippen LogP contribution in [0.4, 0.5) is 0 Å². The lowest BCUT2D eigenvalue weighted by Gasteiger charge is -2.36. The molecular weight excluding hydrogens is 408 g/mol. The molecular formula is C24H32N4O2S. The molecule has 1 aliphatic rings. The summed E-state index contributed by atoms with van der Waals surface area (Å²) < 4.78 is 23.1. The first-order valence-electron chi connectivity index (χ1n) is 10.6. The maximum atomic E-state index is 11.6. The van der Waals surface area contributed by atoms with Gasteiger partial charge in [0.05, 0.1) is 4.90 Å². The fourth-order valence-electron chi connectivity index (χ4n) is 3.60. The Morgan fingerprint density at radius 2 is 1.71 bits per heavy atom. The summed E-state index contributed by atoms with van der Waals surface area (Å²) in [5, 5.41) is 3.44. The third kappa shape index (κ3) is 7.22. The average Bonchev–Trinajstić information content (AvgIpc) is 2.78. The van der Waals surface area contributed by atoms with Gasteiger partial charge in [0.1, 0.15) is 0 Å². The van der Waals surface area contributed by atoms with Crippen molar-refractivity contribution in [3.8, 4) is 0 Å². The molecule has 0 saturated carbocycles. The lowest BCUT2D eigenvalue weighted by Crippen LogP contribution is -2.52. The number of hydrogen-bond acceptors (Lipinski definition) is 4. The van der Waals surface area contributed by atoms with Crippen LogP contribution in [-0.4, -0.2) is 76.7 Å². The molecule has 0 amide bonds. The van der Waals surface area contributed by atoms with Crippen LogP contribution in [0.3, 0.4) is 0 Å². The van der Waals surface area contributed by atoms with Crippen LogP contribution >= 0.6 is 0 Å². The molecule has 3 rings (SSSR count). The van der Waals surface area contributed by atoms with Crippen molar-refractivity contribution in [1.82, 2.24) is 15.1 Å². The molecule has 1 saturated heterocycles. The number of hydrogen-bond donors (Lipinski definition) is 1. The summed E-state index contributed by atoms with van der Waals surface area (Å²) in [5.74, 6) is 0.923. The summed E-state index contributed by atoms with van der Waals surface area (Å²) in [5.41, 5.74) is 2.34. The molecule has 31 heavy (non-hydrogen) atoms. The first-order valence-corrected chi connectivity index (χ1v) is 12.5. The fourth-order valence-corrected chi connectivity index (χ4v) is 4.23. The van der Waals surface area contributed by atoms with E-state index in [9.17, 15) is 8.42 Å². The number of guanidine groups is 1. The second kappa shape index (κ2) is 11.1. The minimum absolute atomic E-state index is 0.358. The first-order chi connectivity index (χ1) is 15.0. The second-order valence-corrected chi connectivity index (χ2v) is 9.76. The lowest BCUT2D eigenvalue weighted by atomic mass is 10.1. The summed E-state index contributed by atoms with van der Waals surface area (Å²) in [6.07, 6.45) is 6.45. The predicted molar refractivity (Wildman–Crippen MR) is 128 cm³/mol. The van der Waals surface area contributed by atoms with Crippen molar-refractivity contribution < 1.29 is 8.42 Å². The number of benzene rings is 2. The zero-order valence-electron chi connectivity index (χ0n) is 18.4. The zero-order chi connectivity index (χ0) is 22.1. The van der Waals surface area contributed by atoms with E-state index in [1.807, 2.05) is 25.2 Å². The standard InChI is InChI=1S/C24H32N4O2S/c1-25-24(26-15-14-22-10-12-23(13-11-22)31(2,29)30)28-19-17-27(18-20-28)16-6-9-21-7-4-3-5-8-21/h3-13H,14-20H2,1-2H3,(H,25,26)/b9-6+. The average molecular weight is 441 g/mol. The van der Waals surface area contributed by atoms with Crippen molar-refractivity contribution in [2.24, 2.45) is 4.99 Å². The lowest BCUT2D eigenvalue weighted by molar-refractivity contribution is 0.194. The van der Waals surface area contributed by atoms with E-state index in [1.54, 1.807) is 12.1 Å². The molecule has 0 atom stereocenters. The van der Waals surface area contributed by atoms with Gasteiger partial charge in [0.25, 0.3) is 0 Å². The van der Waals surface area contributed by atoms with E-state index in [-0.39, 0.29) is 0 Å². The summed E-state index contributed by atoms with van der Waals surface area (Å²) in [6.45, 7) is 5.62. The van der Waals surface area contributed by atoms with Crippen molar-refractivity contribution in [3.05, 3.63) is 71.8 Å². The fraction of sp³-hybridized carbons (Fsp3) is 0.375. The number of nitrogens with one attached hydrogen (secondary N) is 1. The molecule has 2 aromatic rings. The molecule has 0 radical (unpaired) electrons. The molecule has 0 aromatic heterocycles. The number of aliphatic imine (C=N–C) groups is 1. The molecule has 1 heterocycles. The van der Waals surface area contributed by atoms with Gasteiger partial charge in [0.2, 0.25) is 0 Å². The Balaban J connectivity index is 1.40. The van der Waals surface area contributed by atoms with Crippen LogP contribution in [0.25, 0.3) is 6.08 Å². The van der Waals surface area contributed by atoms with Gasteiger partial charge in [-0.05, 0) is 29.7 Å². The van der Waals surface area contributed by atoms with Crippen LogP contribution in [0.5, 0.6) is 0 Å². The third-order valence-corrected chi connectivity index (χ3v) is 6.53. The van der Waals surface area contributed by atoms with Crippen LogP contribution < -0.4 is 5.32 Å². The van der Waals surface area contributed by atoms with E-state index < -0.39 is 9.84 Å². The van der Waals surface area contributed by atoms with E-state index in [4.69, 9.17) is 0 Å². The quantitative estimate of drug-likeness (QED) is 0.530. The molecule has 6 nitrogen and oxygen atoms in total. The van der Waals surface area contributed by atoms with Crippen LogP contribution in [0, 0.1) is 0 Å². The molecule has 2 aromatic carbocycles. The van der Waals surface area contributed by atoms with Gasteiger partial charge in [-0.2, -0.15) is 0 Å². The second-order valence-electron chi connectivity index (χ2n) is 7.74. The molecule has 166 valence electrons. The van der Waals surface area contributed by atoms with Gasteiger partial charge >= 0.3 is 0 Å². The Bertz CT molecular complexity index is 978. The van der Waals surface area contributed by atoms with Crippen molar-refractivity contribution in [2.45, 2.75) is 11.3 Å². The largest absolute Gasteiger partial charge is 0.356 e. The van der Waals surface area contributed by atoms with Crippen molar-refractivity contribution in [1.29, 1.82) is 0 Å². The number of sulfone groups is 1. The van der Waals surface area contributed by atoms with Crippen molar-refractivity contribution >= 4 is 21.9 Å². The first kappa shape index (κ1) is 23.0. The number of rotatable bonds is 7. The number of nitrogens with zero attached hydrogens (tertiary/aromatic N) is 3. The minimum atomic E-state index is -3.15. The topological polar surface area (TPSA) is 65.0 Å². The van der Waals surface area contributed by atoms with Crippen LogP contribution in [0.15, 0.2) is 70.6 Å². The summed E-state index contributed by atoms with van der Waals surface area (Å²) >= 11 is 0. The van der Waals surface area contributed by atoms with Crippen LogP contribution in [-0.2, 0) is 16.3 Å². The minimum Gasteiger partial charge on any atom is -0.356 e. The highest BCUT2D eigenvalue weighted by Crippen LogP contribution is 2.11. The SMILES string of the molecule is CN=C(NCCc1ccc(S(C)(=O)=O)cc1)N1CCN(C/C=C/c2ccccc2)CC1. The smallest absolute Gasteiger partial charge is 0.193 e. The molecule has 0 bridgehead atoms. The molecule has 1 aliphatic heterocycles. The van der Waals surface area contributed by atoms with Gasteiger partial charge in [-0.1, -0.05) is 54.6 Å². The van der Waals surface area contributed by atoms with Gasteiger partial charge < -0.3 is 10.2 Å². The maximum Gasteiger partial charge on any atom is 0.193 e. The van der Waals surface area contributed by atoms with Crippen LogP contribution in [0.2, 0.25) is 0 Å².